The van der Waals surface area contributed by atoms with Gasteiger partial charge in [-0.15, -0.1) is 0 Å². The van der Waals surface area contributed by atoms with Crippen molar-refractivity contribution in [3.05, 3.63) is 99.0 Å². The fraction of sp³-hybridized carbons (Fsp3) is 0.192. The summed E-state index contributed by atoms with van der Waals surface area (Å²) in [6.07, 6.45) is 1.80. The van der Waals surface area contributed by atoms with E-state index in [0.717, 1.165) is 0 Å². The van der Waals surface area contributed by atoms with Crippen LogP contribution in [-0.2, 0) is 20.2 Å². The van der Waals surface area contributed by atoms with Crippen molar-refractivity contribution in [2.24, 2.45) is 7.05 Å². The highest BCUT2D eigenvalue weighted by Crippen LogP contribution is 2.24. The van der Waals surface area contributed by atoms with Crippen molar-refractivity contribution in [2.75, 3.05) is 14.2 Å². The van der Waals surface area contributed by atoms with Crippen LogP contribution < -0.4 is 25.3 Å². The smallest absolute Gasteiger partial charge is 0.281 e. The number of H-pyrrole nitrogens is 1. The number of ether oxygens (including phenoxy) is 3. The SMILES string of the molecule is COc1cccc(OCc2c3c(=O)n(-c4ccccc4OC)[nH]c3cc(=O)n2Cc2ccn(C)n2)c1. The molecular formula is C26H25N5O5. The standard InChI is InChI=1S/C26H25N5O5/c1-29-12-11-17(27-29)15-30-22(16-36-19-8-6-7-18(13-19)34-2)25-20(14-24(30)32)28-31(26(25)33)21-9-4-5-10-23(21)35-3/h4-14,28H,15-16H2,1-3H3. The number of hydrogen-bond acceptors (Lipinski definition) is 6. The average molecular weight is 488 g/mol. The molecule has 3 aromatic heterocycles. The highest BCUT2D eigenvalue weighted by atomic mass is 16.5. The molecule has 0 aliphatic heterocycles. The van der Waals surface area contributed by atoms with Gasteiger partial charge in [-0.25, -0.2) is 4.68 Å². The Labute approximate surface area is 205 Å². The molecule has 0 spiro atoms. The summed E-state index contributed by atoms with van der Waals surface area (Å²) in [4.78, 5) is 27.0. The number of para-hydroxylation sites is 2. The predicted octanol–water partition coefficient (Wildman–Crippen LogP) is 2.86. The van der Waals surface area contributed by atoms with Gasteiger partial charge < -0.3 is 18.8 Å². The molecule has 5 rings (SSSR count). The van der Waals surface area contributed by atoms with E-state index in [1.54, 1.807) is 55.4 Å². The molecule has 0 fully saturated rings. The summed E-state index contributed by atoms with van der Waals surface area (Å²) in [6.45, 7) is 0.164. The zero-order valence-corrected chi connectivity index (χ0v) is 20.1. The van der Waals surface area contributed by atoms with E-state index in [1.807, 2.05) is 24.3 Å². The van der Waals surface area contributed by atoms with Gasteiger partial charge in [0.25, 0.3) is 11.1 Å². The Morgan fingerprint density at radius 3 is 2.50 bits per heavy atom. The Kier molecular flexibility index (Phi) is 6.07. The van der Waals surface area contributed by atoms with Crippen LogP contribution in [0.1, 0.15) is 11.4 Å². The van der Waals surface area contributed by atoms with Crippen molar-refractivity contribution in [3.8, 4) is 22.9 Å². The largest absolute Gasteiger partial charge is 0.497 e. The number of rotatable bonds is 8. The molecule has 0 unspecified atom stereocenters. The molecule has 0 aliphatic carbocycles. The molecular weight excluding hydrogens is 462 g/mol. The third kappa shape index (κ3) is 4.24. The average Bonchev–Trinajstić information content (AvgIpc) is 3.45. The van der Waals surface area contributed by atoms with Gasteiger partial charge in [0.05, 0.1) is 43.1 Å². The van der Waals surface area contributed by atoms with Gasteiger partial charge in [0.15, 0.2) is 0 Å². The van der Waals surface area contributed by atoms with Crippen LogP contribution in [0.15, 0.2) is 76.4 Å². The third-order valence-electron chi connectivity index (χ3n) is 5.90. The van der Waals surface area contributed by atoms with Crippen molar-refractivity contribution in [1.29, 1.82) is 0 Å². The van der Waals surface area contributed by atoms with Crippen molar-refractivity contribution >= 4 is 10.9 Å². The lowest BCUT2D eigenvalue weighted by Gasteiger charge is -2.14. The fourth-order valence-corrected chi connectivity index (χ4v) is 4.17. The Bertz CT molecular complexity index is 1660. The molecule has 0 radical (unpaired) electrons. The van der Waals surface area contributed by atoms with Gasteiger partial charge in [-0.3, -0.25) is 19.4 Å². The Morgan fingerprint density at radius 2 is 1.75 bits per heavy atom. The maximum absolute atomic E-state index is 13.7. The van der Waals surface area contributed by atoms with Crippen LogP contribution in [-0.4, -0.2) is 38.3 Å². The normalized spacial score (nSPS) is 11.1. The lowest BCUT2D eigenvalue weighted by atomic mass is 10.2. The van der Waals surface area contributed by atoms with E-state index in [9.17, 15) is 9.59 Å². The molecule has 0 saturated carbocycles. The number of benzene rings is 2. The van der Waals surface area contributed by atoms with Crippen molar-refractivity contribution in [3.63, 3.8) is 0 Å². The van der Waals surface area contributed by atoms with Crippen molar-refractivity contribution in [2.45, 2.75) is 13.2 Å². The van der Waals surface area contributed by atoms with Gasteiger partial charge in [-0.2, -0.15) is 5.10 Å². The maximum Gasteiger partial charge on any atom is 0.281 e. The minimum atomic E-state index is -0.325. The third-order valence-corrected chi connectivity index (χ3v) is 5.90. The zero-order chi connectivity index (χ0) is 25.2. The van der Waals surface area contributed by atoms with Gasteiger partial charge in [0.2, 0.25) is 0 Å². The van der Waals surface area contributed by atoms with E-state index in [1.165, 1.54) is 22.4 Å². The minimum absolute atomic E-state index is 0.0222. The quantitative estimate of drug-likeness (QED) is 0.361. The fourth-order valence-electron chi connectivity index (χ4n) is 4.17. The first-order chi connectivity index (χ1) is 17.5. The van der Waals surface area contributed by atoms with Crippen LogP contribution >= 0.6 is 0 Å². The summed E-state index contributed by atoms with van der Waals surface area (Å²) in [5, 5.41) is 7.81. The highest BCUT2D eigenvalue weighted by molar-refractivity contribution is 5.81. The Hall–Kier alpha value is -4.73. The highest BCUT2D eigenvalue weighted by Gasteiger charge is 2.20. The number of pyridine rings is 1. The second-order valence-corrected chi connectivity index (χ2v) is 8.18. The van der Waals surface area contributed by atoms with Crippen LogP contribution in [0, 0.1) is 0 Å². The number of hydrogen-bond donors (Lipinski definition) is 1. The molecule has 0 saturated heterocycles. The molecule has 10 heteroatoms. The van der Waals surface area contributed by atoms with E-state index >= 15 is 0 Å². The maximum atomic E-state index is 13.7. The molecule has 2 aromatic carbocycles. The molecule has 3 heterocycles. The summed E-state index contributed by atoms with van der Waals surface area (Å²) in [5.41, 5.74) is 1.43. The second-order valence-electron chi connectivity index (χ2n) is 8.18. The van der Waals surface area contributed by atoms with Gasteiger partial charge in [0, 0.05) is 25.4 Å². The molecule has 0 bridgehead atoms. The number of nitrogens with zero attached hydrogens (tertiary/aromatic N) is 4. The zero-order valence-electron chi connectivity index (χ0n) is 20.1. The number of aryl methyl sites for hydroxylation is 1. The first kappa shape index (κ1) is 23.0. The van der Waals surface area contributed by atoms with Crippen LogP contribution in [0.5, 0.6) is 17.2 Å². The van der Waals surface area contributed by atoms with Crippen LogP contribution in [0.4, 0.5) is 0 Å². The van der Waals surface area contributed by atoms with Crippen molar-refractivity contribution < 1.29 is 14.2 Å². The van der Waals surface area contributed by atoms with E-state index < -0.39 is 0 Å². The summed E-state index contributed by atoms with van der Waals surface area (Å²) in [5.74, 6) is 1.70. The van der Waals surface area contributed by atoms with Gasteiger partial charge >= 0.3 is 0 Å². The van der Waals surface area contributed by atoms with Crippen LogP contribution in [0.3, 0.4) is 0 Å². The number of aromatic nitrogens is 5. The summed E-state index contributed by atoms with van der Waals surface area (Å²) >= 11 is 0. The molecule has 0 amide bonds. The van der Waals surface area contributed by atoms with E-state index in [2.05, 4.69) is 10.2 Å². The topological polar surface area (TPSA) is 105 Å². The van der Waals surface area contributed by atoms with E-state index in [0.29, 0.717) is 45.2 Å². The van der Waals surface area contributed by atoms with Gasteiger partial charge in [0.1, 0.15) is 29.5 Å². The molecule has 5 aromatic rings. The van der Waals surface area contributed by atoms with E-state index in [4.69, 9.17) is 14.2 Å². The number of aromatic amines is 1. The van der Waals surface area contributed by atoms with Gasteiger partial charge in [-0.05, 0) is 30.3 Å². The van der Waals surface area contributed by atoms with Crippen LogP contribution in [0.2, 0.25) is 0 Å². The predicted molar refractivity (Wildman–Crippen MR) is 134 cm³/mol. The molecule has 184 valence electrons. The lowest BCUT2D eigenvalue weighted by molar-refractivity contribution is 0.293. The number of fused-ring (bicyclic) bond motifs is 1. The first-order valence-electron chi connectivity index (χ1n) is 11.2. The first-order valence-corrected chi connectivity index (χ1v) is 11.2. The second kappa shape index (κ2) is 9.49. The summed E-state index contributed by atoms with van der Waals surface area (Å²) < 4.78 is 21.3. The molecule has 0 aliphatic rings. The summed E-state index contributed by atoms with van der Waals surface area (Å²) in [7, 11) is 4.92. The lowest BCUT2D eigenvalue weighted by Crippen LogP contribution is -2.26. The Balaban J connectivity index is 1.68. The Morgan fingerprint density at radius 1 is 0.944 bits per heavy atom. The summed E-state index contributed by atoms with van der Waals surface area (Å²) in [6, 6.07) is 17.5. The van der Waals surface area contributed by atoms with Crippen LogP contribution in [0.25, 0.3) is 16.6 Å². The molecule has 1 N–H and O–H groups in total. The number of methoxy groups -OCH3 is 2. The number of nitrogens with one attached hydrogen (secondary N) is 1. The van der Waals surface area contributed by atoms with E-state index in [-0.39, 0.29) is 24.3 Å². The van der Waals surface area contributed by atoms with Gasteiger partial charge in [-0.1, -0.05) is 18.2 Å². The minimum Gasteiger partial charge on any atom is -0.497 e. The molecule has 36 heavy (non-hydrogen) atoms. The molecule has 0 atom stereocenters. The monoisotopic (exact) mass is 487 g/mol. The van der Waals surface area contributed by atoms with Crippen molar-refractivity contribution in [1.82, 2.24) is 24.1 Å². The molecule has 10 nitrogen and oxygen atoms in total.